The second-order valence-corrected chi connectivity index (χ2v) is 5.51. The third-order valence-electron chi connectivity index (χ3n) is 4.24. The quantitative estimate of drug-likeness (QED) is 0.603. The molecule has 0 amide bonds. The van der Waals surface area contributed by atoms with Gasteiger partial charge >= 0.3 is 5.97 Å². The number of carbonyl (C=O) groups is 1. The van der Waals surface area contributed by atoms with Crippen molar-refractivity contribution in [3.05, 3.63) is 0 Å². The van der Waals surface area contributed by atoms with Crippen molar-refractivity contribution in [2.75, 3.05) is 0 Å². The molecule has 2 saturated carbocycles. The fourth-order valence-corrected chi connectivity index (χ4v) is 3.56. The van der Waals surface area contributed by atoms with Gasteiger partial charge in [0, 0.05) is 12.3 Å². The van der Waals surface area contributed by atoms with E-state index in [1.54, 1.807) is 0 Å². The molecule has 80 valence electrons. The number of hydrogen-bond donors (Lipinski definition) is 0. The van der Waals surface area contributed by atoms with E-state index >= 15 is 0 Å². The molecular formula is C12H20O2. The van der Waals surface area contributed by atoms with Crippen molar-refractivity contribution in [2.24, 2.45) is 11.3 Å². The highest BCUT2D eigenvalue weighted by molar-refractivity contribution is 5.67. The summed E-state index contributed by atoms with van der Waals surface area (Å²) < 4.78 is 5.65. The van der Waals surface area contributed by atoms with Crippen LogP contribution in [0.3, 0.4) is 0 Å². The molecule has 2 heteroatoms. The van der Waals surface area contributed by atoms with Crippen molar-refractivity contribution < 1.29 is 9.53 Å². The second kappa shape index (κ2) is 2.98. The molecule has 2 atom stereocenters. The number of hydrogen-bond acceptors (Lipinski definition) is 2. The molecule has 0 aromatic carbocycles. The first kappa shape index (κ1) is 10.0. The van der Waals surface area contributed by atoms with Crippen molar-refractivity contribution >= 4 is 5.97 Å². The Bertz CT molecular complexity index is 257. The predicted molar refractivity (Wildman–Crippen MR) is 54.9 cm³/mol. The van der Waals surface area contributed by atoms with Gasteiger partial charge in [0.1, 0.15) is 5.60 Å². The molecule has 0 bridgehead atoms. The predicted octanol–water partition coefficient (Wildman–Crippen LogP) is 2.91. The van der Waals surface area contributed by atoms with Crippen LogP contribution in [0.15, 0.2) is 0 Å². The highest BCUT2D eigenvalue weighted by Gasteiger charge is 2.63. The van der Waals surface area contributed by atoms with Crippen LogP contribution in [-0.4, -0.2) is 11.6 Å². The molecule has 0 saturated heterocycles. The Morgan fingerprint density at radius 1 is 1.36 bits per heavy atom. The van der Waals surface area contributed by atoms with Crippen molar-refractivity contribution in [3.8, 4) is 0 Å². The monoisotopic (exact) mass is 196 g/mol. The Hall–Kier alpha value is -0.530. The first-order chi connectivity index (χ1) is 6.48. The van der Waals surface area contributed by atoms with E-state index in [1.807, 2.05) is 0 Å². The highest BCUT2D eigenvalue weighted by atomic mass is 16.6. The Morgan fingerprint density at radius 2 is 2.07 bits per heavy atom. The zero-order valence-corrected chi connectivity index (χ0v) is 9.43. The summed E-state index contributed by atoms with van der Waals surface area (Å²) in [5, 5.41) is 0. The van der Waals surface area contributed by atoms with Crippen LogP contribution in [0.2, 0.25) is 0 Å². The molecule has 0 aliphatic heterocycles. The Morgan fingerprint density at radius 3 is 2.57 bits per heavy atom. The summed E-state index contributed by atoms with van der Waals surface area (Å²) >= 11 is 0. The number of carbonyl (C=O) groups excluding carboxylic acids is 1. The van der Waals surface area contributed by atoms with Crippen LogP contribution in [0.4, 0.5) is 0 Å². The first-order valence-corrected chi connectivity index (χ1v) is 5.67. The molecule has 2 unspecified atom stereocenters. The zero-order valence-electron chi connectivity index (χ0n) is 9.43. The molecule has 0 aromatic heterocycles. The van der Waals surface area contributed by atoms with Crippen molar-refractivity contribution in [2.45, 2.75) is 58.5 Å². The molecule has 2 rings (SSSR count). The lowest BCUT2D eigenvalue weighted by molar-refractivity contribution is -0.241. The Labute approximate surface area is 86.0 Å². The molecule has 0 heterocycles. The topological polar surface area (TPSA) is 26.3 Å². The van der Waals surface area contributed by atoms with Gasteiger partial charge in [-0.15, -0.1) is 0 Å². The maximum atomic E-state index is 11.2. The third kappa shape index (κ3) is 1.19. The SMILES string of the molecule is CC(=O)OC12CCCCC1CC2(C)C. The van der Waals surface area contributed by atoms with Crippen LogP contribution in [-0.2, 0) is 9.53 Å². The van der Waals surface area contributed by atoms with E-state index in [0.29, 0.717) is 5.92 Å². The maximum absolute atomic E-state index is 11.2. The summed E-state index contributed by atoms with van der Waals surface area (Å²) in [7, 11) is 0. The van der Waals surface area contributed by atoms with Crippen LogP contribution < -0.4 is 0 Å². The summed E-state index contributed by atoms with van der Waals surface area (Å²) in [6.07, 6.45) is 6.07. The van der Waals surface area contributed by atoms with Crippen LogP contribution in [0.1, 0.15) is 52.9 Å². The summed E-state index contributed by atoms with van der Waals surface area (Å²) in [6, 6.07) is 0. The fraction of sp³-hybridized carbons (Fsp3) is 0.917. The van der Waals surface area contributed by atoms with E-state index in [4.69, 9.17) is 4.74 Å². The van der Waals surface area contributed by atoms with Gasteiger partial charge in [-0.25, -0.2) is 0 Å². The van der Waals surface area contributed by atoms with Gasteiger partial charge < -0.3 is 4.74 Å². The van der Waals surface area contributed by atoms with Gasteiger partial charge in [-0.1, -0.05) is 20.3 Å². The molecule has 2 fully saturated rings. The van der Waals surface area contributed by atoms with Crippen LogP contribution in [0.25, 0.3) is 0 Å². The van der Waals surface area contributed by atoms with E-state index in [-0.39, 0.29) is 17.0 Å². The lowest BCUT2D eigenvalue weighted by Crippen LogP contribution is -2.64. The van der Waals surface area contributed by atoms with Crippen molar-refractivity contribution in [1.29, 1.82) is 0 Å². The highest BCUT2D eigenvalue weighted by Crippen LogP contribution is 2.62. The normalized spacial score (nSPS) is 39.5. The van der Waals surface area contributed by atoms with E-state index in [2.05, 4.69) is 13.8 Å². The van der Waals surface area contributed by atoms with Gasteiger partial charge in [0.2, 0.25) is 0 Å². The summed E-state index contributed by atoms with van der Waals surface area (Å²) in [4.78, 5) is 11.2. The molecule has 2 nitrogen and oxygen atoms in total. The minimum Gasteiger partial charge on any atom is -0.458 e. The number of ether oxygens (including phenoxy) is 1. The van der Waals surface area contributed by atoms with E-state index < -0.39 is 0 Å². The number of fused-ring (bicyclic) bond motifs is 1. The maximum Gasteiger partial charge on any atom is 0.303 e. The van der Waals surface area contributed by atoms with Gasteiger partial charge in [0.15, 0.2) is 0 Å². The summed E-state index contributed by atoms with van der Waals surface area (Å²) in [5.41, 5.74) is 0.0842. The second-order valence-electron chi connectivity index (χ2n) is 5.51. The first-order valence-electron chi connectivity index (χ1n) is 5.67. The average molecular weight is 196 g/mol. The molecule has 14 heavy (non-hydrogen) atoms. The number of rotatable bonds is 1. The molecule has 0 N–H and O–H groups in total. The van der Waals surface area contributed by atoms with Gasteiger partial charge in [-0.3, -0.25) is 4.79 Å². The van der Waals surface area contributed by atoms with Crippen LogP contribution >= 0.6 is 0 Å². The minimum atomic E-state index is -0.114. The Kier molecular flexibility index (Phi) is 2.13. The minimum absolute atomic E-state index is 0.107. The molecule has 2 aliphatic rings. The molecule has 0 aromatic rings. The van der Waals surface area contributed by atoms with Gasteiger partial charge in [-0.05, 0) is 31.6 Å². The zero-order chi connectivity index (χ0) is 10.4. The van der Waals surface area contributed by atoms with Gasteiger partial charge in [0.25, 0.3) is 0 Å². The van der Waals surface area contributed by atoms with E-state index in [1.165, 1.54) is 32.6 Å². The van der Waals surface area contributed by atoms with E-state index in [0.717, 1.165) is 6.42 Å². The molecular weight excluding hydrogens is 176 g/mol. The van der Waals surface area contributed by atoms with Crippen LogP contribution in [0, 0.1) is 11.3 Å². The van der Waals surface area contributed by atoms with Gasteiger partial charge in [-0.2, -0.15) is 0 Å². The fourth-order valence-electron chi connectivity index (χ4n) is 3.56. The van der Waals surface area contributed by atoms with Gasteiger partial charge in [0.05, 0.1) is 0 Å². The molecule has 0 spiro atoms. The van der Waals surface area contributed by atoms with Crippen molar-refractivity contribution in [1.82, 2.24) is 0 Å². The third-order valence-corrected chi connectivity index (χ3v) is 4.24. The molecule has 2 aliphatic carbocycles. The molecule has 0 radical (unpaired) electrons. The van der Waals surface area contributed by atoms with Crippen LogP contribution in [0.5, 0.6) is 0 Å². The Balaban J connectivity index is 2.20. The largest absolute Gasteiger partial charge is 0.458 e. The van der Waals surface area contributed by atoms with Crippen molar-refractivity contribution in [3.63, 3.8) is 0 Å². The summed E-state index contributed by atoms with van der Waals surface area (Å²) in [5.74, 6) is 0.528. The summed E-state index contributed by atoms with van der Waals surface area (Å²) in [6.45, 7) is 6.00. The average Bonchev–Trinajstić information content (AvgIpc) is 2.06. The standard InChI is InChI=1S/C12H20O2/c1-9(13)14-12-7-5-4-6-10(12)8-11(12,2)3/h10H,4-8H2,1-3H3. The van der Waals surface area contributed by atoms with E-state index in [9.17, 15) is 4.79 Å². The number of esters is 1. The lowest BCUT2D eigenvalue weighted by atomic mass is 9.47. The smallest absolute Gasteiger partial charge is 0.303 e. The lowest BCUT2D eigenvalue weighted by Gasteiger charge is -2.62.